The van der Waals surface area contributed by atoms with Gasteiger partial charge in [-0.15, -0.1) is 0 Å². The van der Waals surface area contributed by atoms with Gasteiger partial charge in [0.25, 0.3) is 19.5 Å². The number of ether oxygens (including phenoxy) is 2. The number of nitrogens with two attached hydrogens (primary N) is 1. The van der Waals surface area contributed by atoms with E-state index in [2.05, 4.69) is 10.3 Å². The lowest BCUT2D eigenvalue weighted by Crippen LogP contribution is -2.62. The molecule has 1 aromatic heterocycles. The highest BCUT2D eigenvalue weighted by molar-refractivity contribution is 7.45. The second-order valence-corrected chi connectivity index (χ2v) is 13.2. The average molecular weight is 760 g/mol. The number of carbonyl (C=O) groups is 4. The molecule has 1 aromatic carbocycles. The van der Waals surface area contributed by atoms with E-state index in [1.807, 2.05) is 0 Å². The molecule has 0 spiro atoms. The number of benzene rings is 1. The van der Waals surface area contributed by atoms with E-state index >= 15 is 0 Å². The average Bonchev–Trinajstić information content (AvgIpc) is 3.38. The Hall–Kier alpha value is -4.03. The molecule has 10 N–H and O–H groups in total. The molecule has 0 aliphatic carbocycles. The van der Waals surface area contributed by atoms with E-state index in [-0.39, 0.29) is 16.9 Å². The van der Waals surface area contributed by atoms with Gasteiger partial charge >= 0.3 is 11.7 Å². The molecule has 0 radical (unpaired) electrons. The van der Waals surface area contributed by atoms with Gasteiger partial charge in [-0.05, 0) is 18.2 Å². The fourth-order valence-electron chi connectivity index (χ4n) is 5.56. The molecular formula is C29H36N4O18P-. The van der Waals surface area contributed by atoms with E-state index in [1.54, 1.807) is 0 Å². The molecule has 4 rings (SSSR count). The number of anilines is 1. The third kappa shape index (κ3) is 9.30. The number of phosphoric ester groups is 1. The van der Waals surface area contributed by atoms with E-state index < -0.39 is 124 Å². The van der Waals surface area contributed by atoms with Gasteiger partial charge in [-0.25, -0.2) is 9.59 Å². The number of nitrogens with zero attached hydrogens (tertiary/aromatic N) is 2. The van der Waals surface area contributed by atoms with Crippen LogP contribution < -0.4 is 21.6 Å². The Balaban J connectivity index is 1.46. The number of aldehydes is 1. The van der Waals surface area contributed by atoms with Crippen molar-refractivity contribution < 1.29 is 82.9 Å². The lowest BCUT2D eigenvalue weighted by atomic mass is 9.80. The Morgan fingerprint density at radius 2 is 1.85 bits per heavy atom. The van der Waals surface area contributed by atoms with Crippen molar-refractivity contribution in [2.75, 3.05) is 25.5 Å². The van der Waals surface area contributed by atoms with Gasteiger partial charge in [0.05, 0.1) is 32.0 Å². The number of aliphatic hydroxyl groups excluding tert-OH is 6. The number of aliphatic hydroxyl groups is 6. The zero-order valence-corrected chi connectivity index (χ0v) is 27.7. The fourth-order valence-corrected chi connectivity index (χ4v) is 6.49. The quantitative estimate of drug-likeness (QED) is 0.0574. The molecule has 286 valence electrons. The monoisotopic (exact) mass is 759 g/mol. The van der Waals surface area contributed by atoms with Gasteiger partial charge in [-0.3, -0.25) is 28.0 Å². The summed E-state index contributed by atoms with van der Waals surface area (Å²) in [4.78, 5) is 77.2. The first-order chi connectivity index (χ1) is 24.4. The van der Waals surface area contributed by atoms with E-state index in [0.29, 0.717) is 6.29 Å². The van der Waals surface area contributed by atoms with Gasteiger partial charge in [0.15, 0.2) is 12.0 Å². The molecule has 3 heterocycles. The van der Waals surface area contributed by atoms with Crippen LogP contribution in [0.4, 0.5) is 5.82 Å². The number of phosphoric acid groups is 1. The standard InChI is InChI=1S/C29H37N4O18P/c30-20-5-6-33(28(45)32-20)26-23(41)22(40)19(49-26)12-48-52(46,47)51-29(27(43)44)8-17(37)16(24(50-29)21(39)18(38)11-35)7-15(36)9-31-25(42)14-3-1-13(10-34)2-4-14/h1-6,10,16-19,21-24,26,35,37-41H,7-9,11-12H2,(H,31,42)(H,43,44)(H,46,47)(H2,30,32,45)/p-1/t16-,17-,18-,19-,21-,22+,23?,24?,26-,29-/m1/s1. The van der Waals surface area contributed by atoms with Crippen molar-refractivity contribution in [3.8, 4) is 0 Å². The maximum Gasteiger partial charge on any atom is 0.364 e. The third-order valence-corrected chi connectivity index (χ3v) is 9.29. The largest absolute Gasteiger partial charge is 0.756 e. The Morgan fingerprint density at radius 1 is 1.17 bits per heavy atom. The molecule has 2 saturated heterocycles. The molecule has 22 nitrogen and oxygen atoms in total. The first kappa shape index (κ1) is 40.7. The Kier molecular flexibility index (Phi) is 13.1. The van der Waals surface area contributed by atoms with E-state index in [9.17, 15) is 69.2 Å². The number of aromatic nitrogens is 2. The first-order valence-corrected chi connectivity index (χ1v) is 16.8. The minimum atomic E-state index is -5.87. The van der Waals surface area contributed by atoms with Crippen molar-refractivity contribution >= 4 is 37.6 Å². The van der Waals surface area contributed by atoms with E-state index in [4.69, 9.17) is 24.3 Å². The number of rotatable bonds is 16. The van der Waals surface area contributed by atoms with Crippen LogP contribution in [0.2, 0.25) is 0 Å². The number of amides is 1. The second kappa shape index (κ2) is 16.8. The molecule has 0 bridgehead atoms. The minimum absolute atomic E-state index is 0.0889. The first-order valence-electron chi connectivity index (χ1n) is 15.4. The van der Waals surface area contributed by atoms with Crippen molar-refractivity contribution in [3.05, 3.63) is 58.1 Å². The summed E-state index contributed by atoms with van der Waals surface area (Å²) in [6, 6.07) is 6.53. The Bertz CT molecular complexity index is 1730. The minimum Gasteiger partial charge on any atom is -0.756 e. The van der Waals surface area contributed by atoms with Crippen molar-refractivity contribution in [2.24, 2.45) is 5.92 Å². The molecule has 2 aliphatic heterocycles. The molecule has 1 amide bonds. The predicted octanol–water partition coefficient (Wildman–Crippen LogP) is -4.59. The molecule has 0 saturated carbocycles. The number of nitrogen functional groups attached to an aromatic ring is 1. The molecule has 11 atom stereocenters. The number of carbonyl (C=O) groups excluding carboxylic acids is 3. The Morgan fingerprint density at radius 3 is 2.44 bits per heavy atom. The smallest absolute Gasteiger partial charge is 0.364 e. The van der Waals surface area contributed by atoms with Crippen LogP contribution in [0.15, 0.2) is 41.3 Å². The molecule has 52 heavy (non-hydrogen) atoms. The number of aliphatic carboxylic acids is 1. The number of carboxylic acid groups (broad SMARTS) is 1. The lowest BCUT2D eigenvalue weighted by Gasteiger charge is -2.47. The number of ketones is 1. The van der Waals surface area contributed by atoms with Crippen LogP contribution in [0.5, 0.6) is 0 Å². The number of carboxylic acids is 1. The van der Waals surface area contributed by atoms with Gasteiger partial charge in [-0.1, -0.05) is 12.1 Å². The molecular weight excluding hydrogens is 723 g/mol. The van der Waals surface area contributed by atoms with Crippen LogP contribution in [0.1, 0.15) is 39.8 Å². The zero-order chi connectivity index (χ0) is 38.5. The summed E-state index contributed by atoms with van der Waals surface area (Å²) in [5.41, 5.74) is 4.83. The lowest BCUT2D eigenvalue weighted by molar-refractivity contribution is -0.320. The summed E-state index contributed by atoms with van der Waals surface area (Å²) in [5.74, 6) is -8.79. The number of hydrogen-bond acceptors (Lipinski definition) is 19. The third-order valence-electron chi connectivity index (χ3n) is 8.30. The predicted molar refractivity (Wildman–Crippen MR) is 166 cm³/mol. The molecule has 2 aliphatic rings. The SMILES string of the molecule is Nc1ccn([C@@H]2O[C@H](COP(=O)([O-])O[C@@]3(C(=O)O)C[C@@H](O)[C@@H](CC(=O)CNC(=O)c4ccc(C=O)cc4)C([C@H](O)[C@H](O)CO)O3)[C@H](O)C2O)c(=O)n1. The number of Topliss-reactive ketones (excluding diaryl/α,β-unsaturated/α-hetero) is 1. The van der Waals surface area contributed by atoms with Gasteiger partial charge in [0.2, 0.25) is 0 Å². The summed E-state index contributed by atoms with van der Waals surface area (Å²) in [7, 11) is -5.87. The molecule has 2 fully saturated rings. The van der Waals surface area contributed by atoms with Crippen LogP contribution >= 0.6 is 7.82 Å². The molecule has 3 unspecified atom stereocenters. The van der Waals surface area contributed by atoms with Crippen LogP contribution in [-0.2, 0) is 32.7 Å². The normalized spacial score (nSPS) is 29.8. The molecule has 23 heteroatoms. The summed E-state index contributed by atoms with van der Waals surface area (Å²) in [6.07, 6.45) is -15.6. The number of nitrogens with one attached hydrogen (secondary N) is 1. The highest BCUT2D eigenvalue weighted by Crippen LogP contribution is 2.49. The van der Waals surface area contributed by atoms with Gasteiger partial charge in [0.1, 0.15) is 42.6 Å². The van der Waals surface area contributed by atoms with Gasteiger partial charge < -0.3 is 65.7 Å². The maximum atomic E-state index is 12.9. The highest BCUT2D eigenvalue weighted by atomic mass is 31.2. The van der Waals surface area contributed by atoms with Crippen LogP contribution in [0, 0.1) is 5.92 Å². The highest BCUT2D eigenvalue weighted by Gasteiger charge is 2.57. The molecule has 2 aromatic rings. The number of hydrogen-bond donors (Lipinski definition) is 9. The van der Waals surface area contributed by atoms with Crippen molar-refractivity contribution in [2.45, 2.75) is 67.6 Å². The maximum absolute atomic E-state index is 12.9. The van der Waals surface area contributed by atoms with Gasteiger partial charge in [0, 0.05) is 36.1 Å². The summed E-state index contributed by atoms with van der Waals surface area (Å²) in [6.45, 7) is -2.90. The van der Waals surface area contributed by atoms with Crippen molar-refractivity contribution in [1.82, 2.24) is 14.9 Å². The van der Waals surface area contributed by atoms with Crippen molar-refractivity contribution in [3.63, 3.8) is 0 Å². The Labute approximate surface area is 292 Å². The summed E-state index contributed by atoms with van der Waals surface area (Å²) in [5, 5.41) is 74.5. The summed E-state index contributed by atoms with van der Waals surface area (Å²) >= 11 is 0. The zero-order valence-electron chi connectivity index (χ0n) is 26.8. The topological polar surface area (TPSA) is 360 Å². The van der Waals surface area contributed by atoms with Gasteiger partial charge in [-0.2, -0.15) is 4.98 Å². The van der Waals surface area contributed by atoms with E-state index in [1.165, 1.54) is 30.3 Å². The van der Waals surface area contributed by atoms with Crippen LogP contribution in [0.25, 0.3) is 0 Å². The second-order valence-electron chi connectivity index (χ2n) is 11.9. The summed E-state index contributed by atoms with van der Waals surface area (Å²) < 4.78 is 33.9. The fraction of sp³-hybridized carbons (Fsp3) is 0.517. The van der Waals surface area contributed by atoms with Crippen LogP contribution in [0.3, 0.4) is 0 Å². The van der Waals surface area contributed by atoms with Crippen molar-refractivity contribution in [1.29, 1.82) is 0 Å². The van der Waals surface area contributed by atoms with E-state index in [0.717, 1.165) is 10.8 Å². The van der Waals surface area contributed by atoms with Crippen LogP contribution in [-0.4, -0.2) is 138 Å².